The molecule has 92 valence electrons. The minimum absolute atomic E-state index is 0.00736. The molecule has 0 atom stereocenters. The molecule has 0 bridgehead atoms. The standard InChI is InChI=1S/C11H10ClF2NO2/c1-2-10(16)15-6-7-8(12)4-3-5-9(7)17-11(13)14/h2-5,11H,1,6H2,(H,15,16). The molecule has 0 saturated heterocycles. The Kier molecular flexibility index (Phi) is 4.90. The molecule has 0 aliphatic heterocycles. The fourth-order valence-electron chi connectivity index (χ4n) is 1.16. The predicted octanol–water partition coefficient (Wildman–Crippen LogP) is 2.74. The number of halogens is 3. The third-order valence-corrected chi connectivity index (χ3v) is 2.27. The first-order valence-corrected chi connectivity index (χ1v) is 5.05. The van der Waals surface area contributed by atoms with Gasteiger partial charge in [-0.05, 0) is 18.2 Å². The van der Waals surface area contributed by atoms with Gasteiger partial charge in [0.2, 0.25) is 5.91 Å². The Morgan fingerprint density at radius 3 is 2.88 bits per heavy atom. The lowest BCUT2D eigenvalue weighted by Gasteiger charge is -2.12. The van der Waals surface area contributed by atoms with Crippen molar-refractivity contribution in [3.05, 3.63) is 41.4 Å². The molecule has 0 saturated carbocycles. The van der Waals surface area contributed by atoms with Crippen LogP contribution in [0.2, 0.25) is 5.02 Å². The number of carbonyl (C=O) groups is 1. The lowest BCUT2D eigenvalue weighted by atomic mass is 10.2. The van der Waals surface area contributed by atoms with E-state index in [-0.39, 0.29) is 17.3 Å². The summed E-state index contributed by atoms with van der Waals surface area (Å²) in [5.41, 5.74) is 0.296. The van der Waals surface area contributed by atoms with Gasteiger partial charge in [-0.15, -0.1) is 0 Å². The zero-order chi connectivity index (χ0) is 12.8. The summed E-state index contributed by atoms with van der Waals surface area (Å²) in [5, 5.41) is 2.68. The van der Waals surface area contributed by atoms with Crippen LogP contribution in [0.1, 0.15) is 5.56 Å². The molecular formula is C11H10ClF2NO2. The van der Waals surface area contributed by atoms with Crippen LogP contribution >= 0.6 is 11.6 Å². The van der Waals surface area contributed by atoms with Gasteiger partial charge >= 0.3 is 6.61 Å². The van der Waals surface area contributed by atoms with Gasteiger partial charge in [0.1, 0.15) is 5.75 Å². The molecule has 1 aromatic rings. The van der Waals surface area contributed by atoms with E-state index in [1.54, 1.807) is 0 Å². The summed E-state index contributed by atoms with van der Waals surface area (Å²) in [6.07, 6.45) is 1.07. The Balaban J connectivity index is 2.87. The second-order valence-corrected chi connectivity index (χ2v) is 3.42. The van der Waals surface area contributed by atoms with Gasteiger partial charge in [0.05, 0.1) is 0 Å². The molecule has 0 fully saturated rings. The molecule has 6 heteroatoms. The number of nitrogens with one attached hydrogen (secondary N) is 1. The molecule has 1 amide bonds. The highest BCUT2D eigenvalue weighted by Crippen LogP contribution is 2.27. The van der Waals surface area contributed by atoms with Crippen LogP contribution in [0.3, 0.4) is 0 Å². The summed E-state index contributed by atoms with van der Waals surface area (Å²) >= 11 is 5.84. The van der Waals surface area contributed by atoms with Crippen LogP contribution in [-0.4, -0.2) is 12.5 Å². The summed E-state index contributed by atoms with van der Waals surface area (Å²) < 4.78 is 28.6. The number of rotatable bonds is 5. The van der Waals surface area contributed by atoms with Crippen molar-refractivity contribution in [2.75, 3.05) is 0 Å². The molecule has 17 heavy (non-hydrogen) atoms. The van der Waals surface area contributed by atoms with Crippen molar-refractivity contribution in [3.63, 3.8) is 0 Å². The van der Waals surface area contributed by atoms with Crippen LogP contribution < -0.4 is 10.1 Å². The average Bonchev–Trinajstić information content (AvgIpc) is 2.27. The van der Waals surface area contributed by atoms with Gasteiger partial charge in [0.15, 0.2) is 0 Å². The minimum atomic E-state index is -2.94. The summed E-state index contributed by atoms with van der Waals surface area (Å²) in [6, 6.07) is 4.36. The monoisotopic (exact) mass is 261 g/mol. The Bertz CT molecular complexity index is 424. The number of amides is 1. The lowest BCUT2D eigenvalue weighted by Crippen LogP contribution is -2.21. The summed E-state index contributed by atoms with van der Waals surface area (Å²) in [5.74, 6) is -0.482. The third kappa shape index (κ3) is 4.03. The zero-order valence-corrected chi connectivity index (χ0v) is 9.51. The third-order valence-electron chi connectivity index (χ3n) is 1.92. The largest absolute Gasteiger partial charge is 0.434 e. The van der Waals surface area contributed by atoms with E-state index in [4.69, 9.17) is 11.6 Å². The van der Waals surface area contributed by atoms with E-state index in [9.17, 15) is 13.6 Å². The molecule has 0 unspecified atom stereocenters. The normalized spacial score (nSPS) is 10.1. The summed E-state index contributed by atoms with van der Waals surface area (Å²) in [4.78, 5) is 11.0. The zero-order valence-electron chi connectivity index (χ0n) is 8.75. The van der Waals surface area contributed by atoms with Crippen molar-refractivity contribution in [3.8, 4) is 5.75 Å². The Hall–Kier alpha value is -1.62. The smallest absolute Gasteiger partial charge is 0.387 e. The fraction of sp³-hybridized carbons (Fsp3) is 0.182. The average molecular weight is 262 g/mol. The number of ether oxygens (including phenoxy) is 1. The molecule has 1 N–H and O–H groups in total. The molecule has 1 aromatic carbocycles. The van der Waals surface area contributed by atoms with Gasteiger partial charge < -0.3 is 10.1 Å². The van der Waals surface area contributed by atoms with E-state index in [0.717, 1.165) is 6.08 Å². The van der Waals surface area contributed by atoms with E-state index in [1.807, 2.05) is 0 Å². The van der Waals surface area contributed by atoms with Gasteiger partial charge in [-0.25, -0.2) is 0 Å². The molecule has 0 spiro atoms. The quantitative estimate of drug-likeness (QED) is 0.828. The Labute approximate surface area is 102 Å². The van der Waals surface area contributed by atoms with Crippen LogP contribution in [0.5, 0.6) is 5.75 Å². The van der Waals surface area contributed by atoms with Crippen LogP contribution in [0.15, 0.2) is 30.9 Å². The summed E-state index contributed by atoms with van der Waals surface area (Å²) in [7, 11) is 0. The number of carbonyl (C=O) groups excluding carboxylic acids is 1. The van der Waals surface area contributed by atoms with Crippen molar-refractivity contribution < 1.29 is 18.3 Å². The number of benzene rings is 1. The maximum atomic E-state index is 12.1. The minimum Gasteiger partial charge on any atom is -0.434 e. The highest BCUT2D eigenvalue weighted by atomic mass is 35.5. The molecule has 0 aliphatic rings. The number of hydrogen-bond acceptors (Lipinski definition) is 2. The van der Waals surface area contributed by atoms with Crippen LogP contribution in [-0.2, 0) is 11.3 Å². The van der Waals surface area contributed by atoms with E-state index in [2.05, 4.69) is 16.6 Å². The predicted molar refractivity (Wildman–Crippen MR) is 60.1 cm³/mol. The molecule has 0 aliphatic carbocycles. The second kappa shape index (κ2) is 6.20. The van der Waals surface area contributed by atoms with Crippen molar-refractivity contribution in [1.29, 1.82) is 0 Å². The van der Waals surface area contributed by atoms with Crippen molar-refractivity contribution in [2.24, 2.45) is 0 Å². The van der Waals surface area contributed by atoms with Crippen molar-refractivity contribution >= 4 is 17.5 Å². The maximum Gasteiger partial charge on any atom is 0.387 e. The molecule has 0 radical (unpaired) electrons. The second-order valence-electron chi connectivity index (χ2n) is 3.02. The first-order valence-electron chi connectivity index (χ1n) is 4.67. The molecule has 3 nitrogen and oxygen atoms in total. The first kappa shape index (κ1) is 13.4. The van der Waals surface area contributed by atoms with E-state index in [0.29, 0.717) is 5.56 Å². The molecule has 0 heterocycles. The fourth-order valence-corrected chi connectivity index (χ4v) is 1.40. The Morgan fingerprint density at radius 1 is 1.59 bits per heavy atom. The van der Waals surface area contributed by atoms with Crippen LogP contribution in [0.25, 0.3) is 0 Å². The molecule has 0 aromatic heterocycles. The van der Waals surface area contributed by atoms with Gasteiger partial charge in [-0.2, -0.15) is 8.78 Å². The van der Waals surface area contributed by atoms with Crippen LogP contribution in [0, 0.1) is 0 Å². The SMILES string of the molecule is C=CC(=O)NCc1c(Cl)cccc1OC(F)F. The van der Waals surface area contributed by atoms with Gasteiger partial charge in [-0.3, -0.25) is 4.79 Å². The lowest BCUT2D eigenvalue weighted by molar-refractivity contribution is -0.116. The van der Waals surface area contributed by atoms with Gasteiger partial charge in [-0.1, -0.05) is 24.2 Å². The van der Waals surface area contributed by atoms with Gasteiger partial charge in [0.25, 0.3) is 0 Å². The Morgan fingerprint density at radius 2 is 2.29 bits per heavy atom. The number of hydrogen-bond donors (Lipinski definition) is 1. The van der Waals surface area contributed by atoms with Crippen LogP contribution in [0.4, 0.5) is 8.78 Å². The molecule has 1 rings (SSSR count). The molecular weight excluding hydrogens is 252 g/mol. The van der Waals surface area contributed by atoms with E-state index < -0.39 is 12.5 Å². The van der Waals surface area contributed by atoms with E-state index in [1.165, 1.54) is 18.2 Å². The van der Waals surface area contributed by atoms with Gasteiger partial charge in [0, 0.05) is 17.1 Å². The van der Waals surface area contributed by atoms with Crippen molar-refractivity contribution in [2.45, 2.75) is 13.2 Å². The summed E-state index contributed by atoms with van der Waals surface area (Å²) in [6.45, 7) is 0.320. The maximum absolute atomic E-state index is 12.1. The number of alkyl halides is 2. The highest BCUT2D eigenvalue weighted by molar-refractivity contribution is 6.31. The topological polar surface area (TPSA) is 38.3 Å². The van der Waals surface area contributed by atoms with E-state index >= 15 is 0 Å². The van der Waals surface area contributed by atoms with Crippen molar-refractivity contribution in [1.82, 2.24) is 5.32 Å². The highest BCUT2D eigenvalue weighted by Gasteiger charge is 2.12. The first-order chi connectivity index (χ1) is 8.04.